The minimum absolute atomic E-state index is 0.0626. The molecule has 1 aliphatic carbocycles. The quantitative estimate of drug-likeness (QED) is 0.499. The van der Waals surface area contributed by atoms with Gasteiger partial charge in [0.05, 0.1) is 12.0 Å². The van der Waals surface area contributed by atoms with E-state index in [-0.39, 0.29) is 12.5 Å². The fourth-order valence-corrected chi connectivity index (χ4v) is 4.33. The number of aryl methyl sites for hydroxylation is 2. The van der Waals surface area contributed by atoms with E-state index in [9.17, 15) is 19.5 Å². The molecule has 0 radical (unpaired) electrons. The van der Waals surface area contributed by atoms with E-state index in [0.717, 1.165) is 16.2 Å². The first kappa shape index (κ1) is 28.2. The largest absolute Gasteiger partial charge is 0.481 e. The first-order valence-corrected chi connectivity index (χ1v) is 12.6. The van der Waals surface area contributed by atoms with Crippen LogP contribution >= 0.6 is 0 Å². The molecule has 0 bridgehead atoms. The van der Waals surface area contributed by atoms with Crippen molar-refractivity contribution in [2.75, 3.05) is 6.54 Å². The fraction of sp³-hybridized carbons (Fsp3) is 0.571. The van der Waals surface area contributed by atoms with Crippen molar-refractivity contribution in [2.24, 2.45) is 5.92 Å². The van der Waals surface area contributed by atoms with Gasteiger partial charge >= 0.3 is 18.2 Å². The molecule has 1 aliphatic rings. The van der Waals surface area contributed by atoms with Crippen molar-refractivity contribution in [2.45, 2.75) is 91.3 Å². The smallest absolute Gasteiger partial charge is 0.419 e. The van der Waals surface area contributed by atoms with Crippen molar-refractivity contribution in [1.29, 1.82) is 0 Å². The highest BCUT2D eigenvalue weighted by molar-refractivity contribution is 5.88. The molecule has 0 aliphatic heterocycles. The van der Waals surface area contributed by atoms with Gasteiger partial charge in [0.15, 0.2) is 0 Å². The number of ether oxygens (including phenoxy) is 2. The molecule has 2 aromatic rings. The summed E-state index contributed by atoms with van der Waals surface area (Å²) in [7, 11) is 0. The van der Waals surface area contributed by atoms with Crippen molar-refractivity contribution in [1.82, 2.24) is 14.5 Å². The summed E-state index contributed by atoms with van der Waals surface area (Å²) in [5.74, 6) is -1.08. The molecule has 0 spiro atoms. The number of carbonyl (C=O) groups excluding carboxylic acids is 2. The Labute approximate surface area is 218 Å². The number of imidazole rings is 1. The number of carboxylic acid groups (broad SMARTS) is 1. The third-order valence-electron chi connectivity index (χ3n) is 6.48. The third-order valence-corrected chi connectivity index (χ3v) is 6.48. The van der Waals surface area contributed by atoms with Gasteiger partial charge in [-0.3, -0.25) is 4.79 Å². The Kier molecular flexibility index (Phi) is 7.77. The van der Waals surface area contributed by atoms with E-state index in [0.29, 0.717) is 25.0 Å². The summed E-state index contributed by atoms with van der Waals surface area (Å²) in [5, 5.41) is 10.1. The number of rotatable bonds is 7. The summed E-state index contributed by atoms with van der Waals surface area (Å²) >= 11 is 0. The molecule has 9 nitrogen and oxygen atoms in total. The number of aliphatic carboxylic acids is 1. The highest BCUT2D eigenvalue weighted by Gasteiger charge is 2.62. The van der Waals surface area contributed by atoms with Crippen molar-refractivity contribution < 1.29 is 29.0 Å². The summed E-state index contributed by atoms with van der Waals surface area (Å²) in [6.07, 6.45) is 3.23. The average Bonchev–Trinajstić information content (AvgIpc) is 3.26. The molecule has 1 fully saturated rings. The van der Waals surface area contributed by atoms with Crippen LogP contribution in [-0.4, -0.2) is 55.5 Å². The molecule has 0 saturated heterocycles. The normalized spacial score (nSPS) is 19.3. The van der Waals surface area contributed by atoms with E-state index < -0.39 is 34.8 Å². The SMILES string of the molecule is Cc1ccc(-n2cnc([C@@]3(C(=O)O)C[C@@H]3CCCN(C(=O)OC(C)(C)C)C(=O)OC(C)(C)C)c2)cc1C. The summed E-state index contributed by atoms with van der Waals surface area (Å²) in [4.78, 5) is 43.2. The zero-order valence-electron chi connectivity index (χ0n) is 23.1. The van der Waals surface area contributed by atoms with Gasteiger partial charge in [-0.2, -0.15) is 0 Å². The second kappa shape index (κ2) is 10.2. The number of carboxylic acids is 1. The summed E-state index contributed by atoms with van der Waals surface area (Å²) < 4.78 is 12.6. The molecular formula is C28H39N3O6. The second-order valence-corrected chi connectivity index (χ2v) is 11.9. The van der Waals surface area contributed by atoms with Gasteiger partial charge in [0, 0.05) is 18.4 Å². The van der Waals surface area contributed by atoms with Crippen LogP contribution < -0.4 is 0 Å². The highest BCUT2D eigenvalue weighted by atomic mass is 16.6. The molecule has 37 heavy (non-hydrogen) atoms. The number of amides is 2. The zero-order valence-corrected chi connectivity index (χ0v) is 23.1. The molecule has 1 aromatic heterocycles. The van der Waals surface area contributed by atoms with Gasteiger partial charge < -0.3 is 19.1 Å². The maximum atomic E-state index is 12.7. The molecule has 3 rings (SSSR count). The van der Waals surface area contributed by atoms with Crippen LogP contribution in [0.1, 0.15) is 77.6 Å². The van der Waals surface area contributed by atoms with E-state index in [4.69, 9.17) is 9.47 Å². The Bertz CT molecular complexity index is 1150. The monoisotopic (exact) mass is 513 g/mol. The third kappa shape index (κ3) is 6.70. The van der Waals surface area contributed by atoms with Crippen molar-refractivity contribution in [3.63, 3.8) is 0 Å². The van der Waals surface area contributed by atoms with Gasteiger partial charge in [-0.1, -0.05) is 6.07 Å². The molecular weight excluding hydrogens is 474 g/mol. The van der Waals surface area contributed by atoms with E-state index in [1.54, 1.807) is 54.1 Å². The lowest BCUT2D eigenvalue weighted by Crippen LogP contribution is -2.44. The van der Waals surface area contributed by atoms with Gasteiger partial charge in [0.25, 0.3) is 0 Å². The number of imide groups is 1. The van der Waals surface area contributed by atoms with Gasteiger partial charge in [-0.25, -0.2) is 19.5 Å². The number of hydrogen-bond acceptors (Lipinski definition) is 6. The van der Waals surface area contributed by atoms with Crippen LogP contribution in [0.2, 0.25) is 0 Å². The molecule has 0 unspecified atom stereocenters. The fourth-order valence-electron chi connectivity index (χ4n) is 4.33. The Hall–Kier alpha value is -3.36. The maximum Gasteiger partial charge on any atom is 0.419 e. The number of nitrogens with zero attached hydrogens (tertiary/aromatic N) is 3. The summed E-state index contributed by atoms with van der Waals surface area (Å²) in [5.41, 5.74) is 1.13. The highest BCUT2D eigenvalue weighted by Crippen LogP contribution is 2.56. The predicted octanol–water partition coefficient (Wildman–Crippen LogP) is 5.78. The molecule has 1 saturated carbocycles. The van der Waals surface area contributed by atoms with Crippen LogP contribution in [0.25, 0.3) is 5.69 Å². The van der Waals surface area contributed by atoms with Crippen LogP contribution in [0.5, 0.6) is 0 Å². The lowest BCUT2D eigenvalue weighted by atomic mass is 9.97. The minimum Gasteiger partial charge on any atom is -0.481 e. The second-order valence-electron chi connectivity index (χ2n) is 11.9. The maximum absolute atomic E-state index is 12.7. The Balaban J connectivity index is 1.70. The summed E-state index contributed by atoms with van der Waals surface area (Å²) in [6.45, 7) is 14.5. The van der Waals surface area contributed by atoms with E-state index in [1.807, 2.05) is 36.6 Å². The number of aromatic nitrogens is 2. The number of carbonyl (C=O) groups is 3. The first-order chi connectivity index (χ1) is 17.0. The standard InChI is InChI=1S/C28H39N3O6/c1-18-11-12-21(14-19(18)2)30-16-22(29-17-30)28(23(32)33)15-20(28)10-9-13-31(24(34)36-26(3,4)5)25(35)37-27(6,7)8/h11-12,14,16-17,20H,9-10,13,15H2,1-8H3,(H,32,33)/t20-,28+/m0/s1. The van der Waals surface area contributed by atoms with Crippen LogP contribution in [0.15, 0.2) is 30.7 Å². The van der Waals surface area contributed by atoms with E-state index >= 15 is 0 Å². The molecule has 202 valence electrons. The number of benzene rings is 1. The lowest BCUT2D eigenvalue weighted by molar-refractivity contribution is -0.140. The van der Waals surface area contributed by atoms with Gasteiger partial charge in [-0.15, -0.1) is 0 Å². The molecule has 9 heteroatoms. The van der Waals surface area contributed by atoms with Crippen LogP contribution in [0.4, 0.5) is 9.59 Å². The van der Waals surface area contributed by atoms with E-state index in [2.05, 4.69) is 4.98 Å². The lowest BCUT2D eigenvalue weighted by Gasteiger charge is -2.28. The van der Waals surface area contributed by atoms with Gasteiger partial charge in [0.2, 0.25) is 0 Å². The minimum atomic E-state index is -1.08. The van der Waals surface area contributed by atoms with Gasteiger partial charge in [-0.05, 0) is 104 Å². The summed E-state index contributed by atoms with van der Waals surface area (Å²) in [6, 6.07) is 6.05. The Morgan fingerprint density at radius 3 is 2.16 bits per heavy atom. The van der Waals surface area contributed by atoms with Crippen molar-refractivity contribution in [3.05, 3.63) is 47.5 Å². The Morgan fingerprint density at radius 1 is 1.05 bits per heavy atom. The molecule has 2 atom stereocenters. The van der Waals surface area contributed by atoms with Crippen LogP contribution in [-0.2, 0) is 19.7 Å². The van der Waals surface area contributed by atoms with Crippen LogP contribution in [0, 0.1) is 19.8 Å². The van der Waals surface area contributed by atoms with Crippen molar-refractivity contribution in [3.8, 4) is 5.69 Å². The molecule has 2 amide bonds. The molecule has 1 aromatic carbocycles. The van der Waals surface area contributed by atoms with E-state index in [1.165, 1.54) is 5.56 Å². The predicted molar refractivity (Wildman–Crippen MR) is 139 cm³/mol. The zero-order chi connectivity index (χ0) is 27.8. The number of hydrogen-bond donors (Lipinski definition) is 1. The van der Waals surface area contributed by atoms with Crippen LogP contribution in [0.3, 0.4) is 0 Å². The van der Waals surface area contributed by atoms with Crippen molar-refractivity contribution >= 4 is 18.2 Å². The molecule has 1 heterocycles. The topological polar surface area (TPSA) is 111 Å². The average molecular weight is 514 g/mol. The molecule has 1 N–H and O–H groups in total. The Morgan fingerprint density at radius 2 is 1.65 bits per heavy atom. The first-order valence-electron chi connectivity index (χ1n) is 12.6. The van der Waals surface area contributed by atoms with Gasteiger partial charge in [0.1, 0.15) is 16.6 Å².